The van der Waals surface area contributed by atoms with Crippen LogP contribution in [-0.2, 0) is 0 Å². The number of benzene rings is 2. The van der Waals surface area contributed by atoms with Gasteiger partial charge in [0.2, 0.25) is 5.91 Å². The van der Waals surface area contributed by atoms with E-state index < -0.39 is 0 Å². The topological polar surface area (TPSA) is 61.6 Å². The lowest BCUT2D eigenvalue weighted by Gasteiger charge is -2.36. The number of amides is 1. The molecule has 5 heteroatoms. The number of anilines is 2. The molecule has 3 rings (SSSR count). The number of hydrogen-bond acceptors (Lipinski definition) is 4. The normalized spacial score (nSPS) is 15.1. The van der Waals surface area contributed by atoms with Crippen molar-refractivity contribution in [1.82, 2.24) is 4.90 Å². The molecule has 0 radical (unpaired) electrons. The highest BCUT2D eigenvalue weighted by Crippen LogP contribution is 2.15. The van der Waals surface area contributed by atoms with Crippen molar-refractivity contribution < 1.29 is 4.79 Å². The van der Waals surface area contributed by atoms with E-state index in [2.05, 4.69) is 45.4 Å². The number of nitrogens with two attached hydrogens (primary N) is 1. The van der Waals surface area contributed by atoms with Crippen LogP contribution in [0.15, 0.2) is 54.6 Å². The van der Waals surface area contributed by atoms with E-state index in [1.165, 1.54) is 5.69 Å². The fraction of sp³-hybridized carbons (Fsp3) is 0.350. The number of primary amides is 1. The van der Waals surface area contributed by atoms with Crippen molar-refractivity contribution in [3.05, 3.63) is 60.2 Å². The molecule has 0 bridgehead atoms. The first-order valence-corrected chi connectivity index (χ1v) is 8.88. The second-order valence-electron chi connectivity index (χ2n) is 6.39. The summed E-state index contributed by atoms with van der Waals surface area (Å²) in [6.45, 7) is 6.35. The third-order valence-electron chi connectivity index (χ3n) is 4.62. The Labute approximate surface area is 149 Å². The summed E-state index contributed by atoms with van der Waals surface area (Å²) in [5, 5.41) is 3.37. The Kier molecular flexibility index (Phi) is 5.90. The summed E-state index contributed by atoms with van der Waals surface area (Å²) in [5.41, 5.74) is 8.12. The summed E-state index contributed by atoms with van der Waals surface area (Å²) in [6.07, 6.45) is 1.08. The van der Waals surface area contributed by atoms with E-state index in [0.717, 1.165) is 51.4 Å². The molecule has 2 aromatic rings. The van der Waals surface area contributed by atoms with E-state index >= 15 is 0 Å². The van der Waals surface area contributed by atoms with Gasteiger partial charge in [0.25, 0.3) is 0 Å². The molecule has 0 spiro atoms. The first kappa shape index (κ1) is 17.3. The van der Waals surface area contributed by atoms with Crippen LogP contribution in [0, 0.1) is 0 Å². The molecule has 0 aliphatic carbocycles. The Morgan fingerprint density at radius 1 is 1.00 bits per heavy atom. The molecule has 132 valence electrons. The minimum Gasteiger partial charge on any atom is -0.385 e. The van der Waals surface area contributed by atoms with Crippen LogP contribution < -0.4 is 16.0 Å². The Morgan fingerprint density at radius 2 is 1.76 bits per heavy atom. The van der Waals surface area contributed by atoms with Crippen LogP contribution in [0.1, 0.15) is 16.8 Å². The zero-order chi connectivity index (χ0) is 17.5. The van der Waals surface area contributed by atoms with E-state index in [-0.39, 0.29) is 5.91 Å². The molecule has 1 aliphatic heterocycles. The first-order chi connectivity index (χ1) is 12.2. The molecule has 1 aliphatic rings. The zero-order valence-corrected chi connectivity index (χ0v) is 14.5. The molecule has 25 heavy (non-hydrogen) atoms. The predicted octanol–water partition coefficient (Wildman–Crippen LogP) is 2.41. The summed E-state index contributed by atoms with van der Waals surface area (Å²) in [7, 11) is 0. The van der Waals surface area contributed by atoms with E-state index in [9.17, 15) is 4.79 Å². The van der Waals surface area contributed by atoms with E-state index in [4.69, 9.17) is 5.73 Å². The third-order valence-corrected chi connectivity index (χ3v) is 4.62. The maximum atomic E-state index is 11.2. The highest BCUT2D eigenvalue weighted by molar-refractivity contribution is 5.93. The van der Waals surface area contributed by atoms with Gasteiger partial charge in [0.1, 0.15) is 0 Å². The molecular weight excluding hydrogens is 312 g/mol. The lowest BCUT2D eigenvalue weighted by Crippen LogP contribution is -2.46. The van der Waals surface area contributed by atoms with Gasteiger partial charge in [-0.3, -0.25) is 9.69 Å². The number of nitrogens with one attached hydrogen (secondary N) is 1. The molecule has 0 atom stereocenters. The number of carbonyl (C=O) groups is 1. The maximum absolute atomic E-state index is 11.2. The summed E-state index contributed by atoms with van der Waals surface area (Å²) in [4.78, 5) is 16.2. The largest absolute Gasteiger partial charge is 0.385 e. The van der Waals surface area contributed by atoms with Gasteiger partial charge in [-0.05, 0) is 43.3 Å². The Bertz CT molecular complexity index is 681. The maximum Gasteiger partial charge on any atom is 0.248 e. The summed E-state index contributed by atoms with van der Waals surface area (Å²) in [5.74, 6) is -0.389. The van der Waals surface area contributed by atoms with Crippen LogP contribution in [0.25, 0.3) is 0 Å². The van der Waals surface area contributed by atoms with Crippen LogP contribution >= 0.6 is 0 Å². The van der Waals surface area contributed by atoms with Crippen molar-refractivity contribution in [1.29, 1.82) is 0 Å². The van der Waals surface area contributed by atoms with Crippen LogP contribution in [0.2, 0.25) is 0 Å². The number of hydrogen-bond donors (Lipinski definition) is 2. The Hall–Kier alpha value is -2.53. The molecule has 0 aromatic heterocycles. The highest BCUT2D eigenvalue weighted by atomic mass is 16.1. The van der Waals surface area contributed by atoms with Crippen molar-refractivity contribution >= 4 is 17.3 Å². The quantitative estimate of drug-likeness (QED) is 0.761. The van der Waals surface area contributed by atoms with Crippen molar-refractivity contribution in [3.8, 4) is 0 Å². The summed E-state index contributed by atoms with van der Waals surface area (Å²) >= 11 is 0. The molecule has 1 fully saturated rings. The second-order valence-corrected chi connectivity index (χ2v) is 6.39. The van der Waals surface area contributed by atoms with Gasteiger partial charge < -0.3 is 16.0 Å². The summed E-state index contributed by atoms with van der Waals surface area (Å²) in [6, 6.07) is 18.0. The fourth-order valence-corrected chi connectivity index (χ4v) is 3.19. The van der Waals surface area contributed by atoms with Crippen LogP contribution in [-0.4, -0.2) is 50.1 Å². The lowest BCUT2D eigenvalue weighted by atomic mass is 10.2. The fourth-order valence-electron chi connectivity index (χ4n) is 3.19. The molecule has 1 amide bonds. The van der Waals surface area contributed by atoms with Crippen LogP contribution in [0.3, 0.4) is 0 Å². The van der Waals surface area contributed by atoms with Crippen molar-refractivity contribution in [2.24, 2.45) is 5.73 Å². The third kappa shape index (κ3) is 4.97. The van der Waals surface area contributed by atoms with Gasteiger partial charge in [0.05, 0.1) is 0 Å². The average molecular weight is 338 g/mol. The number of piperazine rings is 1. The highest BCUT2D eigenvalue weighted by Gasteiger charge is 2.16. The smallest absolute Gasteiger partial charge is 0.248 e. The van der Waals surface area contributed by atoms with Gasteiger partial charge in [-0.1, -0.05) is 24.3 Å². The Morgan fingerprint density at radius 3 is 2.48 bits per heavy atom. The SMILES string of the molecule is NC(=O)c1cccc(NCCCN2CCN(c3ccccc3)CC2)c1. The van der Waals surface area contributed by atoms with E-state index in [0.29, 0.717) is 5.56 Å². The number of nitrogens with zero attached hydrogens (tertiary/aromatic N) is 2. The van der Waals surface area contributed by atoms with Gasteiger partial charge in [0, 0.05) is 49.7 Å². The standard InChI is InChI=1S/C20H26N4O/c21-20(25)17-6-4-7-18(16-17)22-10-5-11-23-12-14-24(15-13-23)19-8-2-1-3-9-19/h1-4,6-9,16,22H,5,10-15H2,(H2,21,25). The van der Waals surface area contributed by atoms with Gasteiger partial charge in [-0.2, -0.15) is 0 Å². The van der Waals surface area contributed by atoms with Crippen LogP contribution in [0.5, 0.6) is 0 Å². The number of para-hydroxylation sites is 1. The molecule has 3 N–H and O–H groups in total. The first-order valence-electron chi connectivity index (χ1n) is 8.88. The number of carbonyl (C=O) groups excluding carboxylic acids is 1. The van der Waals surface area contributed by atoms with E-state index in [1.807, 2.05) is 12.1 Å². The van der Waals surface area contributed by atoms with Crippen LogP contribution in [0.4, 0.5) is 11.4 Å². The second kappa shape index (κ2) is 8.53. The molecule has 1 heterocycles. The zero-order valence-electron chi connectivity index (χ0n) is 14.5. The van der Waals surface area contributed by atoms with E-state index in [1.54, 1.807) is 12.1 Å². The molecule has 0 unspecified atom stereocenters. The molecular formula is C20H26N4O. The van der Waals surface area contributed by atoms with Gasteiger partial charge >= 0.3 is 0 Å². The minimum atomic E-state index is -0.389. The van der Waals surface area contributed by atoms with Gasteiger partial charge in [0.15, 0.2) is 0 Å². The lowest BCUT2D eigenvalue weighted by molar-refractivity contribution is 0.100. The molecule has 2 aromatic carbocycles. The monoisotopic (exact) mass is 338 g/mol. The van der Waals surface area contributed by atoms with Crippen molar-refractivity contribution in [2.45, 2.75) is 6.42 Å². The molecule has 5 nitrogen and oxygen atoms in total. The molecule has 1 saturated heterocycles. The summed E-state index contributed by atoms with van der Waals surface area (Å²) < 4.78 is 0. The minimum absolute atomic E-state index is 0.389. The van der Waals surface area contributed by atoms with Gasteiger partial charge in [-0.15, -0.1) is 0 Å². The predicted molar refractivity (Wildman–Crippen MR) is 103 cm³/mol. The van der Waals surface area contributed by atoms with Gasteiger partial charge in [-0.25, -0.2) is 0 Å². The molecule has 0 saturated carbocycles. The van der Waals surface area contributed by atoms with Crippen molar-refractivity contribution in [2.75, 3.05) is 49.5 Å². The average Bonchev–Trinajstić information content (AvgIpc) is 2.67. The number of rotatable bonds is 7. The van der Waals surface area contributed by atoms with Crippen molar-refractivity contribution in [3.63, 3.8) is 0 Å². The Balaban J connectivity index is 1.36.